The third-order valence-electron chi connectivity index (χ3n) is 4.60. The Morgan fingerprint density at radius 2 is 1.77 bits per heavy atom. The first-order valence-corrected chi connectivity index (χ1v) is 9.63. The molecule has 31 heavy (non-hydrogen) atoms. The maximum atomic E-state index is 13.8. The molecule has 0 saturated heterocycles. The minimum Gasteiger partial charge on any atom is -0.486 e. The van der Waals surface area contributed by atoms with Crippen molar-refractivity contribution < 1.29 is 28.2 Å². The first-order valence-electron chi connectivity index (χ1n) is 9.25. The summed E-state index contributed by atoms with van der Waals surface area (Å²) in [7, 11) is 0. The molecular weight excluding hydrogens is 428 g/mol. The second kappa shape index (κ2) is 9.57. The van der Waals surface area contributed by atoms with E-state index in [9.17, 15) is 18.4 Å². The maximum absolute atomic E-state index is 13.8. The van der Waals surface area contributed by atoms with E-state index in [0.717, 1.165) is 6.07 Å². The predicted octanol–water partition coefficient (Wildman–Crippen LogP) is 5.39. The molecule has 3 aromatic carbocycles. The van der Waals surface area contributed by atoms with Crippen LogP contribution < -0.4 is 10.1 Å². The van der Waals surface area contributed by atoms with E-state index >= 15 is 0 Å². The van der Waals surface area contributed by atoms with Crippen LogP contribution in [0.5, 0.6) is 5.75 Å². The number of carbonyl (C=O) groups is 2. The average Bonchev–Trinajstić information content (AvgIpc) is 2.73. The van der Waals surface area contributed by atoms with Gasteiger partial charge in [-0.3, -0.25) is 4.79 Å². The van der Waals surface area contributed by atoms with Crippen LogP contribution in [0.1, 0.15) is 44.8 Å². The molecule has 2 N–H and O–H groups in total. The molecule has 8 heteroatoms. The SMILES string of the molecule is C[C@H](NC(=O)c1cc(Cl)ccc1COc1ccc(F)cc1F)c1ccc(C(=O)O)cc1. The summed E-state index contributed by atoms with van der Waals surface area (Å²) in [5.41, 5.74) is 1.55. The summed E-state index contributed by atoms with van der Waals surface area (Å²) in [6.07, 6.45) is 0. The number of hydrogen-bond donors (Lipinski definition) is 2. The highest BCUT2D eigenvalue weighted by Crippen LogP contribution is 2.23. The summed E-state index contributed by atoms with van der Waals surface area (Å²) in [4.78, 5) is 23.8. The van der Waals surface area contributed by atoms with E-state index in [0.29, 0.717) is 22.2 Å². The number of benzene rings is 3. The van der Waals surface area contributed by atoms with Crippen LogP contribution in [0.25, 0.3) is 0 Å². The molecule has 0 bridgehead atoms. The molecule has 0 heterocycles. The Bertz CT molecular complexity index is 1120. The van der Waals surface area contributed by atoms with Crippen LogP contribution >= 0.6 is 11.6 Å². The van der Waals surface area contributed by atoms with E-state index in [1.54, 1.807) is 31.2 Å². The van der Waals surface area contributed by atoms with Crippen molar-refractivity contribution in [3.05, 3.63) is 99.6 Å². The molecule has 0 aliphatic heterocycles. The van der Waals surface area contributed by atoms with Crippen LogP contribution in [0.3, 0.4) is 0 Å². The summed E-state index contributed by atoms with van der Waals surface area (Å²) in [6.45, 7) is 1.62. The fourth-order valence-corrected chi connectivity index (χ4v) is 3.08. The summed E-state index contributed by atoms with van der Waals surface area (Å²) in [5.74, 6) is -3.19. The Kier molecular flexibility index (Phi) is 6.87. The number of carboxylic acid groups (broad SMARTS) is 1. The van der Waals surface area contributed by atoms with Gasteiger partial charge in [0.25, 0.3) is 5.91 Å². The number of amides is 1. The predicted molar refractivity (Wildman–Crippen MR) is 111 cm³/mol. The van der Waals surface area contributed by atoms with Crippen molar-refractivity contribution in [3.63, 3.8) is 0 Å². The van der Waals surface area contributed by atoms with Crippen molar-refractivity contribution in [2.24, 2.45) is 0 Å². The molecule has 0 unspecified atom stereocenters. The second-order valence-corrected chi connectivity index (χ2v) is 7.22. The summed E-state index contributed by atoms with van der Waals surface area (Å²) in [6, 6.07) is 13.3. The van der Waals surface area contributed by atoms with Crippen molar-refractivity contribution in [2.45, 2.75) is 19.6 Å². The number of carbonyl (C=O) groups excluding carboxylic acids is 1. The Balaban J connectivity index is 1.75. The highest BCUT2D eigenvalue weighted by molar-refractivity contribution is 6.31. The van der Waals surface area contributed by atoms with Crippen molar-refractivity contribution >= 4 is 23.5 Å². The van der Waals surface area contributed by atoms with Crippen molar-refractivity contribution in [2.75, 3.05) is 0 Å². The average molecular weight is 446 g/mol. The number of halogens is 3. The molecule has 0 fully saturated rings. The number of nitrogens with one attached hydrogen (secondary N) is 1. The van der Waals surface area contributed by atoms with E-state index < -0.39 is 29.6 Å². The Labute approximate surface area is 182 Å². The monoisotopic (exact) mass is 445 g/mol. The molecule has 3 rings (SSSR count). The molecule has 160 valence electrons. The number of rotatable bonds is 7. The molecule has 0 aliphatic rings. The molecule has 1 atom stereocenters. The lowest BCUT2D eigenvalue weighted by Gasteiger charge is -2.17. The zero-order valence-electron chi connectivity index (χ0n) is 16.4. The third kappa shape index (κ3) is 5.58. The fraction of sp³-hybridized carbons (Fsp3) is 0.130. The van der Waals surface area contributed by atoms with Crippen molar-refractivity contribution in [3.8, 4) is 5.75 Å². The molecule has 5 nitrogen and oxygen atoms in total. The van der Waals surface area contributed by atoms with Gasteiger partial charge in [-0.1, -0.05) is 29.8 Å². The van der Waals surface area contributed by atoms with Gasteiger partial charge in [0.15, 0.2) is 11.6 Å². The molecule has 0 spiro atoms. The summed E-state index contributed by atoms with van der Waals surface area (Å²) < 4.78 is 32.3. The molecule has 0 aliphatic carbocycles. The topological polar surface area (TPSA) is 75.6 Å². The van der Waals surface area contributed by atoms with Gasteiger partial charge in [0.1, 0.15) is 12.4 Å². The lowest BCUT2D eigenvalue weighted by atomic mass is 10.0. The van der Waals surface area contributed by atoms with Gasteiger partial charge < -0.3 is 15.2 Å². The molecular formula is C23H18ClF2NO4. The minimum atomic E-state index is -1.04. The molecule has 0 radical (unpaired) electrons. The van der Waals surface area contributed by atoms with Gasteiger partial charge in [0, 0.05) is 22.2 Å². The Hall–Kier alpha value is -3.45. The van der Waals surface area contributed by atoms with E-state index in [-0.39, 0.29) is 23.5 Å². The van der Waals surface area contributed by atoms with Crippen molar-refractivity contribution in [1.82, 2.24) is 5.32 Å². The zero-order valence-corrected chi connectivity index (χ0v) is 17.1. The van der Waals surface area contributed by atoms with Gasteiger partial charge in [-0.2, -0.15) is 0 Å². The van der Waals surface area contributed by atoms with E-state index in [4.69, 9.17) is 21.4 Å². The van der Waals surface area contributed by atoms with Crippen LogP contribution in [0, 0.1) is 11.6 Å². The summed E-state index contributed by atoms with van der Waals surface area (Å²) in [5, 5.41) is 12.1. The number of ether oxygens (including phenoxy) is 1. The van der Waals surface area contributed by atoms with Gasteiger partial charge in [-0.15, -0.1) is 0 Å². The fourth-order valence-electron chi connectivity index (χ4n) is 2.91. The lowest BCUT2D eigenvalue weighted by Crippen LogP contribution is -2.27. The number of aromatic carboxylic acids is 1. The quantitative estimate of drug-likeness (QED) is 0.511. The van der Waals surface area contributed by atoms with E-state index in [1.807, 2.05) is 0 Å². The van der Waals surface area contributed by atoms with Crippen LogP contribution in [0.2, 0.25) is 5.02 Å². The maximum Gasteiger partial charge on any atom is 0.335 e. The van der Waals surface area contributed by atoms with E-state index in [2.05, 4.69) is 5.32 Å². The van der Waals surface area contributed by atoms with Crippen LogP contribution in [0.15, 0.2) is 60.7 Å². The highest BCUT2D eigenvalue weighted by atomic mass is 35.5. The first kappa shape index (κ1) is 22.2. The van der Waals surface area contributed by atoms with Crippen molar-refractivity contribution in [1.29, 1.82) is 0 Å². The zero-order chi connectivity index (χ0) is 22.5. The molecule has 0 saturated carbocycles. The molecule has 3 aromatic rings. The van der Waals surface area contributed by atoms with E-state index in [1.165, 1.54) is 24.3 Å². The largest absolute Gasteiger partial charge is 0.486 e. The third-order valence-corrected chi connectivity index (χ3v) is 4.83. The standard InChI is InChI=1S/C23H18ClF2NO4/c1-13(14-2-4-15(5-3-14)23(29)30)27-22(28)19-10-17(24)7-6-16(19)12-31-21-9-8-18(25)11-20(21)26/h2-11,13H,12H2,1H3,(H,27,28)(H,29,30)/t13-/m0/s1. The van der Waals surface area contributed by atoms with Gasteiger partial charge in [0.2, 0.25) is 0 Å². The number of carboxylic acids is 1. The summed E-state index contributed by atoms with van der Waals surface area (Å²) >= 11 is 6.04. The van der Waals surface area contributed by atoms with Crippen LogP contribution in [-0.4, -0.2) is 17.0 Å². The minimum absolute atomic E-state index is 0.135. The second-order valence-electron chi connectivity index (χ2n) is 6.79. The normalized spacial score (nSPS) is 11.6. The van der Waals surface area contributed by atoms with Gasteiger partial charge in [-0.25, -0.2) is 13.6 Å². The van der Waals surface area contributed by atoms with Gasteiger partial charge >= 0.3 is 5.97 Å². The Morgan fingerprint density at radius 1 is 1.06 bits per heavy atom. The first-order chi connectivity index (χ1) is 14.7. The van der Waals surface area contributed by atoms with Gasteiger partial charge in [-0.05, 0) is 48.9 Å². The van der Waals surface area contributed by atoms with Crippen LogP contribution in [-0.2, 0) is 6.61 Å². The van der Waals surface area contributed by atoms with Gasteiger partial charge in [0.05, 0.1) is 11.6 Å². The Morgan fingerprint density at radius 3 is 2.42 bits per heavy atom. The van der Waals surface area contributed by atoms with Crippen LogP contribution in [0.4, 0.5) is 8.78 Å². The number of hydrogen-bond acceptors (Lipinski definition) is 3. The molecule has 0 aromatic heterocycles. The smallest absolute Gasteiger partial charge is 0.335 e. The highest BCUT2D eigenvalue weighted by Gasteiger charge is 2.17. The molecule has 1 amide bonds. The lowest BCUT2D eigenvalue weighted by molar-refractivity contribution is 0.0696.